The molecule has 0 aliphatic rings. The normalized spacial score (nSPS) is 10.2. The van der Waals surface area contributed by atoms with E-state index in [-0.39, 0.29) is 5.56 Å². The maximum atomic E-state index is 10.9. The summed E-state index contributed by atoms with van der Waals surface area (Å²) in [5, 5.41) is 8.92. The van der Waals surface area contributed by atoms with E-state index in [1.54, 1.807) is 23.1 Å². The summed E-state index contributed by atoms with van der Waals surface area (Å²) in [7, 11) is 1.83. The molecule has 0 radical (unpaired) electrons. The van der Waals surface area contributed by atoms with Gasteiger partial charge < -0.3 is 14.4 Å². The Morgan fingerprint density at radius 2 is 2.06 bits per heavy atom. The van der Waals surface area contributed by atoms with Gasteiger partial charge in [0.15, 0.2) is 5.88 Å². The van der Waals surface area contributed by atoms with Gasteiger partial charge in [-0.2, -0.15) is 0 Å². The molecular weight excluding hydrogens is 218 g/mol. The maximum absolute atomic E-state index is 10.9. The molecule has 0 saturated carbocycles. The van der Waals surface area contributed by atoms with Crippen molar-refractivity contribution in [3.8, 4) is 0 Å². The van der Waals surface area contributed by atoms with Crippen LogP contribution in [0.15, 0.2) is 40.8 Å². The Bertz CT molecular complexity index is 545. The third-order valence-electron chi connectivity index (χ3n) is 2.54. The Balaban J connectivity index is 2.33. The molecule has 0 atom stereocenters. The van der Waals surface area contributed by atoms with E-state index in [1.165, 1.54) is 0 Å². The molecule has 0 spiro atoms. The van der Waals surface area contributed by atoms with E-state index in [0.717, 1.165) is 11.4 Å². The first-order valence-electron chi connectivity index (χ1n) is 5.21. The highest BCUT2D eigenvalue weighted by molar-refractivity contribution is 5.89. The van der Waals surface area contributed by atoms with Crippen LogP contribution in [0.4, 0.5) is 11.6 Å². The van der Waals surface area contributed by atoms with Crippen LogP contribution in [0.3, 0.4) is 0 Å². The summed E-state index contributed by atoms with van der Waals surface area (Å²) >= 11 is 0. The number of benzene rings is 1. The van der Waals surface area contributed by atoms with Gasteiger partial charge in [-0.25, -0.2) is 4.79 Å². The summed E-state index contributed by atoms with van der Waals surface area (Å²) in [5.74, 6) is 0.571. The molecule has 1 aromatic carbocycles. The van der Waals surface area contributed by atoms with Crippen LogP contribution in [0.2, 0.25) is 0 Å². The van der Waals surface area contributed by atoms with Crippen molar-refractivity contribution in [3.05, 3.63) is 47.7 Å². The average Bonchev–Trinajstić information content (AvgIpc) is 2.75. The van der Waals surface area contributed by atoms with Gasteiger partial charge >= 0.3 is 5.97 Å². The van der Waals surface area contributed by atoms with Gasteiger partial charge in [0.05, 0.1) is 5.56 Å². The summed E-state index contributed by atoms with van der Waals surface area (Å²) in [4.78, 5) is 12.7. The summed E-state index contributed by atoms with van der Waals surface area (Å²) in [6.07, 6.45) is 0. The molecule has 0 unspecified atom stereocenters. The molecule has 0 aliphatic heterocycles. The van der Waals surface area contributed by atoms with Crippen molar-refractivity contribution in [1.82, 2.24) is 0 Å². The first-order valence-corrected chi connectivity index (χ1v) is 5.21. The van der Waals surface area contributed by atoms with Crippen molar-refractivity contribution < 1.29 is 14.3 Å². The molecule has 0 aliphatic carbocycles. The van der Waals surface area contributed by atoms with Gasteiger partial charge in [-0.15, -0.1) is 0 Å². The van der Waals surface area contributed by atoms with Gasteiger partial charge in [-0.1, -0.05) is 6.07 Å². The molecule has 1 heterocycles. The lowest BCUT2D eigenvalue weighted by Gasteiger charge is -2.16. The van der Waals surface area contributed by atoms with E-state index in [4.69, 9.17) is 9.52 Å². The van der Waals surface area contributed by atoms with E-state index in [0.29, 0.717) is 5.88 Å². The van der Waals surface area contributed by atoms with Crippen molar-refractivity contribution >= 4 is 17.5 Å². The van der Waals surface area contributed by atoms with Crippen LogP contribution in [0.25, 0.3) is 0 Å². The van der Waals surface area contributed by atoms with Gasteiger partial charge in [0.2, 0.25) is 0 Å². The van der Waals surface area contributed by atoms with E-state index in [9.17, 15) is 4.79 Å². The molecule has 88 valence electrons. The van der Waals surface area contributed by atoms with Crippen LogP contribution in [0.5, 0.6) is 0 Å². The molecule has 17 heavy (non-hydrogen) atoms. The maximum Gasteiger partial charge on any atom is 0.335 e. The standard InChI is InChI=1S/C13H13NO3/c1-9-6-7-12(17-9)14(2)11-5-3-4-10(8-11)13(15)16/h3-8H,1-2H3,(H,15,16). The zero-order valence-electron chi connectivity index (χ0n) is 9.68. The number of nitrogens with zero attached hydrogens (tertiary/aromatic N) is 1. The Morgan fingerprint density at radius 1 is 1.29 bits per heavy atom. The van der Waals surface area contributed by atoms with Crippen LogP contribution >= 0.6 is 0 Å². The Morgan fingerprint density at radius 3 is 2.65 bits per heavy atom. The quantitative estimate of drug-likeness (QED) is 0.882. The minimum atomic E-state index is -0.934. The fraction of sp³-hybridized carbons (Fsp3) is 0.154. The number of hydrogen-bond donors (Lipinski definition) is 1. The van der Waals surface area contributed by atoms with Crippen LogP contribution in [0, 0.1) is 6.92 Å². The Hall–Kier alpha value is -2.23. The van der Waals surface area contributed by atoms with Crippen molar-refractivity contribution in [3.63, 3.8) is 0 Å². The SMILES string of the molecule is Cc1ccc(N(C)c2cccc(C(=O)O)c2)o1. The number of carboxylic acid groups (broad SMARTS) is 1. The highest BCUT2D eigenvalue weighted by atomic mass is 16.4. The lowest BCUT2D eigenvalue weighted by atomic mass is 10.2. The van der Waals surface area contributed by atoms with Crippen molar-refractivity contribution in [1.29, 1.82) is 0 Å². The number of anilines is 2. The molecule has 2 rings (SSSR count). The van der Waals surface area contributed by atoms with E-state index < -0.39 is 5.97 Å². The molecule has 0 saturated heterocycles. The lowest BCUT2D eigenvalue weighted by molar-refractivity contribution is 0.0697. The van der Waals surface area contributed by atoms with Crippen molar-refractivity contribution in [2.75, 3.05) is 11.9 Å². The molecular formula is C13H13NO3. The number of carboxylic acids is 1. The minimum Gasteiger partial charge on any atom is -0.478 e. The first kappa shape index (κ1) is 11.3. The van der Waals surface area contributed by atoms with Crippen LogP contribution in [-0.2, 0) is 0 Å². The zero-order chi connectivity index (χ0) is 12.4. The minimum absolute atomic E-state index is 0.262. The Kier molecular flexibility index (Phi) is 2.87. The molecule has 1 N–H and O–H groups in total. The number of furan rings is 1. The number of aromatic carboxylic acids is 1. The Labute approximate surface area is 99.1 Å². The lowest BCUT2D eigenvalue weighted by Crippen LogP contribution is -2.09. The summed E-state index contributed by atoms with van der Waals surface area (Å²) in [6.45, 7) is 1.87. The predicted octanol–water partition coefficient (Wildman–Crippen LogP) is 3.05. The topological polar surface area (TPSA) is 53.7 Å². The van der Waals surface area contributed by atoms with E-state index >= 15 is 0 Å². The molecule has 0 amide bonds. The molecule has 0 bridgehead atoms. The monoisotopic (exact) mass is 231 g/mol. The fourth-order valence-corrected chi connectivity index (χ4v) is 1.58. The van der Waals surface area contributed by atoms with Crippen molar-refractivity contribution in [2.24, 2.45) is 0 Å². The average molecular weight is 231 g/mol. The van der Waals surface area contributed by atoms with Crippen LogP contribution < -0.4 is 4.90 Å². The van der Waals surface area contributed by atoms with Crippen LogP contribution in [-0.4, -0.2) is 18.1 Å². The number of carbonyl (C=O) groups is 1. The number of aryl methyl sites for hydroxylation is 1. The second kappa shape index (κ2) is 4.33. The van der Waals surface area contributed by atoms with Gasteiger partial charge in [-0.05, 0) is 31.2 Å². The van der Waals surface area contributed by atoms with Crippen LogP contribution in [0.1, 0.15) is 16.1 Å². The van der Waals surface area contributed by atoms with E-state index in [1.807, 2.05) is 32.2 Å². The molecule has 0 fully saturated rings. The molecule has 1 aromatic heterocycles. The zero-order valence-corrected chi connectivity index (χ0v) is 9.68. The number of rotatable bonds is 3. The highest BCUT2D eigenvalue weighted by Crippen LogP contribution is 2.25. The first-order chi connectivity index (χ1) is 8.08. The second-order valence-corrected chi connectivity index (χ2v) is 3.80. The highest BCUT2D eigenvalue weighted by Gasteiger charge is 2.10. The van der Waals surface area contributed by atoms with Gasteiger partial charge in [0.25, 0.3) is 0 Å². The number of hydrogen-bond acceptors (Lipinski definition) is 3. The third-order valence-corrected chi connectivity index (χ3v) is 2.54. The molecule has 4 heteroatoms. The van der Waals surface area contributed by atoms with Gasteiger partial charge in [0, 0.05) is 18.8 Å². The second-order valence-electron chi connectivity index (χ2n) is 3.80. The molecule has 2 aromatic rings. The summed E-state index contributed by atoms with van der Waals surface area (Å²) in [5.41, 5.74) is 1.04. The predicted molar refractivity (Wildman–Crippen MR) is 64.9 cm³/mol. The van der Waals surface area contributed by atoms with E-state index in [2.05, 4.69) is 0 Å². The smallest absolute Gasteiger partial charge is 0.335 e. The van der Waals surface area contributed by atoms with Gasteiger partial charge in [0.1, 0.15) is 5.76 Å². The third kappa shape index (κ3) is 2.30. The van der Waals surface area contributed by atoms with Crippen molar-refractivity contribution in [2.45, 2.75) is 6.92 Å². The van der Waals surface area contributed by atoms with Gasteiger partial charge in [-0.3, -0.25) is 0 Å². The summed E-state index contributed by atoms with van der Waals surface area (Å²) < 4.78 is 5.48. The fourth-order valence-electron chi connectivity index (χ4n) is 1.58. The largest absolute Gasteiger partial charge is 0.478 e. The molecule has 4 nitrogen and oxygen atoms in total. The summed E-state index contributed by atoms with van der Waals surface area (Å²) in [6, 6.07) is 10.4.